The molecule has 0 bridgehead atoms. The lowest BCUT2D eigenvalue weighted by atomic mass is 10.3. The first kappa shape index (κ1) is 14.9. The number of amides is 1. The number of benzene rings is 1. The van der Waals surface area contributed by atoms with Gasteiger partial charge in [0.25, 0.3) is 5.91 Å². The van der Waals surface area contributed by atoms with Crippen LogP contribution in [0.4, 0.5) is 5.82 Å². The molecular formula is C13H13BrClN3O2. The summed E-state index contributed by atoms with van der Waals surface area (Å²) in [4.78, 5) is 11.7. The summed E-state index contributed by atoms with van der Waals surface area (Å²) in [5, 5.41) is 10.0. The van der Waals surface area contributed by atoms with Crippen molar-refractivity contribution >= 4 is 39.3 Å². The minimum atomic E-state index is -0.277. The number of ether oxygens (including phenoxy) is 1. The Balaban J connectivity index is 1.88. The second kappa shape index (κ2) is 6.76. The summed E-state index contributed by atoms with van der Waals surface area (Å²) in [7, 11) is 0. The number of rotatable bonds is 5. The predicted octanol–water partition coefficient (Wildman–Crippen LogP) is 3.41. The number of halogens is 2. The number of nitrogens with one attached hydrogen (secondary N) is 2. The van der Waals surface area contributed by atoms with E-state index in [0.29, 0.717) is 21.1 Å². The molecule has 2 rings (SSSR count). The van der Waals surface area contributed by atoms with E-state index in [-0.39, 0.29) is 12.5 Å². The lowest BCUT2D eigenvalue weighted by molar-refractivity contribution is -0.118. The van der Waals surface area contributed by atoms with Crippen LogP contribution in [0.1, 0.15) is 12.6 Å². The van der Waals surface area contributed by atoms with Gasteiger partial charge in [0.05, 0.1) is 4.47 Å². The molecule has 1 amide bonds. The summed E-state index contributed by atoms with van der Waals surface area (Å²) in [6.07, 6.45) is 0.830. The Kier molecular flexibility index (Phi) is 5.03. The highest BCUT2D eigenvalue weighted by Crippen LogP contribution is 2.27. The Hall–Kier alpha value is -1.53. The zero-order valence-electron chi connectivity index (χ0n) is 10.7. The standard InChI is InChI=1S/C13H13BrClN3O2/c1-2-9-6-12(18-17-9)16-13(19)7-20-11-4-3-8(15)5-10(11)14/h3-6H,2,7H2,1H3,(H2,16,17,18,19). The molecule has 0 radical (unpaired) electrons. The van der Waals surface area contributed by atoms with Gasteiger partial charge < -0.3 is 10.1 Å². The minimum Gasteiger partial charge on any atom is -0.483 e. The Morgan fingerprint density at radius 3 is 2.95 bits per heavy atom. The fraction of sp³-hybridized carbons (Fsp3) is 0.231. The smallest absolute Gasteiger partial charge is 0.263 e. The quantitative estimate of drug-likeness (QED) is 0.861. The molecule has 1 heterocycles. The van der Waals surface area contributed by atoms with E-state index < -0.39 is 0 Å². The normalized spacial score (nSPS) is 10.3. The fourth-order valence-corrected chi connectivity index (χ4v) is 2.32. The zero-order valence-corrected chi connectivity index (χ0v) is 13.1. The first-order chi connectivity index (χ1) is 9.58. The summed E-state index contributed by atoms with van der Waals surface area (Å²) in [6.45, 7) is 1.90. The van der Waals surface area contributed by atoms with E-state index in [4.69, 9.17) is 16.3 Å². The van der Waals surface area contributed by atoms with Crippen LogP contribution in [0.15, 0.2) is 28.7 Å². The van der Waals surface area contributed by atoms with Crippen LogP contribution in [0.25, 0.3) is 0 Å². The van der Waals surface area contributed by atoms with Crippen LogP contribution in [0, 0.1) is 0 Å². The van der Waals surface area contributed by atoms with E-state index in [0.717, 1.165) is 12.1 Å². The first-order valence-corrected chi connectivity index (χ1v) is 7.17. The fourth-order valence-electron chi connectivity index (χ4n) is 1.52. The van der Waals surface area contributed by atoms with Gasteiger partial charge in [-0.15, -0.1) is 0 Å². The van der Waals surface area contributed by atoms with Crippen molar-refractivity contribution in [3.8, 4) is 5.75 Å². The summed E-state index contributed by atoms with van der Waals surface area (Å²) in [5.74, 6) is 0.771. The maximum absolute atomic E-state index is 11.7. The van der Waals surface area contributed by atoms with Gasteiger partial charge in [-0.1, -0.05) is 18.5 Å². The number of aryl methyl sites for hydroxylation is 1. The lowest BCUT2D eigenvalue weighted by Gasteiger charge is -2.07. The molecule has 0 spiro atoms. The van der Waals surface area contributed by atoms with E-state index in [1.165, 1.54) is 0 Å². The molecule has 2 aromatic rings. The van der Waals surface area contributed by atoms with Crippen LogP contribution in [0.2, 0.25) is 5.02 Å². The number of carbonyl (C=O) groups excluding carboxylic acids is 1. The van der Waals surface area contributed by atoms with Crippen molar-refractivity contribution in [2.45, 2.75) is 13.3 Å². The second-order valence-electron chi connectivity index (χ2n) is 4.04. The topological polar surface area (TPSA) is 67.0 Å². The Morgan fingerprint density at radius 1 is 1.50 bits per heavy atom. The van der Waals surface area contributed by atoms with Gasteiger partial charge in [-0.05, 0) is 40.5 Å². The molecular weight excluding hydrogens is 346 g/mol. The molecule has 5 nitrogen and oxygen atoms in total. The largest absolute Gasteiger partial charge is 0.483 e. The number of anilines is 1. The monoisotopic (exact) mass is 357 g/mol. The summed E-state index contributed by atoms with van der Waals surface area (Å²) < 4.78 is 6.10. The Labute approximate surface area is 129 Å². The van der Waals surface area contributed by atoms with Crippen LogP contribution >= 0.6 is 27.5 Å². The summed E-state index contributed by atoms with van der Waals surface area (Å²) >= 11 is 9.14. The van der Waals surface area contributed by atoms with Crippen LogP contribution in [-0.2, 0) is 11.2 Å². The van der Waals surface area contributed by atoms with E-state index in [1.807, 2.05) is 6.92 Å². The zero-order chi connectivity index (χ0) is 14.5. The van der Waals surface area contributed by atoms with Crippen molar-refractivity contribution < 1.29 is 9.53 Å². The molecule has 20 heavy (non-hydrogen) atoms. The molecule has 1 aromatic heterocycles. The van der Waals surface area contributed by atoms with Crippen molar-refractivity contribution in [1.82, 2.24) is 10.2 Å². The second-order valence-corrected chi connectivity index (χ2v) is 5.33. The van der Waals surface area contributed by atoms with Crippen molar-refractivity contribution in [2.75, 3.05) is 11.9 Å². The summed E-state index contributed by atoms with van der Waals surface area (Å²) in [5.41, 5.74) is 0.960. The molecule has 0 saturated carbocycles. The SMILES string of the molecule is CCc1cc(NC(=O)COc2ccc(Cl)cc2Br)n[nH]1. The van der Waals surface area contributed by atoms with Crippen LogP contribution in [0.5, 0.6) is 5.75 Å². The first-order valence-electron chi connectivity index (χ1n) is 6.00. The van der Waals surface area contributed by atoms with E-state index in [2.05, 4.69) is 31.4 Å². The number of nitrogens with zero attached hydrogens (tertiary/aromatic N) is 1. The molecule has 2 N–H and O–H groups in total. The van der Waals surface area contributed by atoms with Crippen molar-refractivity contribution in [3.05, 3.63) is 39.5 Å². The van der Waals surface area contributed by atoms with Crippen molar-refractivity contribution in [3.63, 3.8) is 0 Å². The number of aromatic amines is 1. The molecule has 0 aliphatic rings. The van der Waals surface area contributed by atoms with Crippen LogP contribution in [0.3, 0.4) is 0 Å². The third-order valence-corrected chi connectivity index (χ3v) is 3.39. The molecule has 0 fully saturated rings. The van der Waals surface area contributed by atoms with E-state index in [1.54, 1.807) is 24.3 Å². The van der Waals surface area contributed by atoms with Gasteiger partial charge in [-0.25, -0.2) is 0 Å². The van der Waals surface area contributed by atoms with Gasteiger partial charge in [0.15, 0.2) is 12.4 Å². The maximum atomic E-state index is 11.7. The Bertz CT molecular complexity index is 615. The average Bonchev–Trinajstić information content (AvgIpc) is 2.85. The molecule has 0 aliphatic heterocycles. The van der Waals surface area contributed by atoms with Gasteiger partial charge >= 0.3 is 0 Å². The molecule has 106 valence electrons. The third kappa shape index (κ3) is 3.98. The van der Waals surface area contributed by atoms with Gasteiger partial charge in [0.1, 0.15) is 5.75 Å². The number of H-pyrrole nitrogens is 1. The van der Waals surface area contributed by atoms with Crippen LogP contribution < -0.4 is 10.1 Å². The van der Waals surface area contributed by atoms with Gasteiger partial charge in [-0.2, -0.15) is 5.10 Å². The minimum absolute atomic E-state index is 0.103. The molecule has 0 saturated heterocycles. The number of hydrogen-bond donors (Lipinski definition) is 2. The number of hydrogen-bond acceptors (Lipinski definition) is 3. The maximum Gasteiger partial charge on any atom is 0.263 e. The molecule has 0 atom stereocenters. The molecule has 0 aliphatic carbocycles. The highest BCUT2D eigenvalue weighted by Gasteiger charge is 2.08. The van der Waals surface area contributed by atoms with E-state index >= 15 is 0 Å². The molecule has 7 heteroatoms. The molecule has 1 aromatic carbocycles. The van der Waals surface area contributed by atoms with Crippen molar-refractivity contribution in [2.24, 2.45) is 0 Å². The van der Waals surface area contributed by atoms with Crippen molar-refractivity contribution in [1.29, 1.82) is 0 Å². The van der Waals surface area contributed by atoms with Crippen LogP contribution in [-0.4, -0.2) is 22.7 Å². The van der Waals surface area contributed by atoms with Gasteiger partial charge in [0, 0.05) is 16.8 Å². The number of carbonyl (C=O) groups is 1. The third-order valence-electron chi connectivity index (χ3n) is 2.53. The Morgan fingerprint density at radius 2 is 2.30 bits per heavy atom. The summed E-state index contributed by atoms with van der Waals surface area (Å²) in [6, 6.07) is 6.89. The lowest BCUT2D eigenvalue weighted by Crippen LogP contribution is -2.20. The van der Waals surface area contributed by atoms with E-state index in [9.17, 15) is 4.79 Å². The highest BCUT2D eigenvalue weighted by molar-refractivity contribution is 9.10. The molecule has 0 unspecified atom stereocenters. The predicted molar refractivity (Wildman–Crippen MR) is 81.2 cm³/mol. The van der Waals surface area contributed by atoms with Gasteiger partial charge in [-0.3, -0.25) is 9.89 Å². The average molecular weight is 359 g/mol. The van der Waals surface area contributed by atoms with Gasteiger partial charge in [0.2, 0.25) is 0 Å². The number of aromatic nitrogens is 2. The highest BCUT2D eigenvalue weighted by atomic mass is 79.9.